The molecule has 0 saturated heterocycles. The molecule has 0 fully saturated rings. The average Bonchev–Trinajstić information content (AvgIpc) is 2.82. The SMILES string of the molecule is CCC(C)n1c(C#N)ccc1Cc1ccccc1. The number of nitriles is 1. The van der Waals surface area contributed by atoms with E-state index in [0.29, 0.717) is 6.04 Å². The number of benzene rings is 1. The summed E-state index contributed by atoms with van der Waals surface area (Å²) in [5, 5.41) is 9.17. The second-order valence-corrected chi connectivity index (χ2v) is 4.61. The second-order valence-electron chi connectivity index (χ2n) is 4.61. The lowest BCUT2D eigenvalue weighted by Gasteiger charge is -2.17. The van der Waals surface area contributed by atoms with Crippen LogP contribution in [0, 0.1) is 11.3 Å². The van der Waals surface area contributed by atoms with Gasteiger partial charge < -0.3 is 4.57 Å². The minimum atomic E-state index is 0.369. The summed E-state index contributed by atoms with van der Waals surface area (Å²) < 4.78 is 2.16. The number of hydrogen-bond donors (Lipinski definition) is 0. The van der Waals surface area contributed by atoms with Gasteiger partial charge in [0.2, 0.25) is 0 Å². The molecule has 0 bridgehead atoms. The van der Waals surface area contributed by atoms with Gasteiger partial charge in [-0.3, -0.25) is 0 Å². The van der Waals surface area contributed by atoms with E-state index in [9.17, 15) is 5.26 Å². The number of rotatable bonds is 4. The van der Waals surface area contributed by atoms with E-state index in [0.717, 1.165) is 18.5 Å². The lowest BCUT2D eigenvalue weighted by atomic mass is 10.1. The molecular formula is C16H18N2. The van der Waals surface area contributed by atoms with E-state index >= 15 is 0 Å². The summed E-state index contributed by atoms with van der Waals surface area (Å²) in [4.78, 5) is 0. The Hall–Kier alpha value is -2.01. The molecule has 1 aromatic heterocycles. The molecule has 1 heterocycles. The van der Waals surface area contributed by atoms with Crippen LogP contribution in [0.3, 0.4) is 0 Å². The Morgan fingerprint density at radius 2 is 1.89 bits per heavy atom. The normalized spacial score (nSPS) is 12.1. The van der Waals surface area contributed by atoms with Crippen LogP contribution in [0.2, 0.25) is 0 Å². The fourth-order valence-corrected chi connectivity index (χ4v) is 2.23. The van der Waals surface area contributed by atoms with Crippen molar-refractivity contribution in [3.63, 3.8) is 0 Å². The van der Waals surface area contributed by atoms with E-state index in [1.54, 1.807) is 0 Å². The molecule has 1 aromatic carbocycles. The van der Waals surface area contributed by atoms with Gasteiger partial charge in [-0.1, -0.05) is 37.3 Å². The van der Waals surface area contributed by atoms with Gasteiger partial charge in [0.05, 0.1) is 0 Å². The standard InChI is InChI=1S/C16H18N2/c1-3-13(2)18-15(9-10-16(18)12-17)11-14-7-5-4-6-8-14/h4-10,13H,3,11H2,1-2H3. The van der Waals surface area contributed by atoms with E-state index < -0.39 is 0 Å². The molecule has 2 aromatic rings. The third kappa shape index (κ3) is 2.46. The van der Waals surface area contributed by atoms with Crippen molar-refractivity contribution in [2.75, 3.05) is 0 Å². The lowest BCUT2D eigenvalue weighted by Crippen LogP contribution is -2.10. The van der Waals surface area contributed by atoms with Gasteiger partial charge >= 0.3 is 0 Å². The van der Waals surface area contributed by atoms with Crippen molar-refractivity contribution >= 4 is 0 Å². The predicted molar refractivity (Wildman–Crippen MR) is 73.4 cm³/mol. The molecule has 92 valence electrons. The van der Waals surface area contributed by atoms with Crippen molar-refractivity contribution in [3.05, 3.63) is 59.4 Å². The fourth-order valence-electron chi connectivity index (χ4n) is 2.23. The summed E-state index contributed by atoms with van der Waals surface area (Å²) >= 11 is 0. The van der Waals surface area contributed by atoms with E-state index in [2.05, 4.69) is 54.8 Å². The van der Waals surface area contributed by atoms with Gasteiger partial charge in [0.15, 0.2) is 0 Å². The highest BCUT2D eigenvalue weighted by Crippen LogP contribution is 2.21. The predicted octanol–water partition coefficient (Wildman–Crippen LogP) is 3.92. The minimum Gasteiger partial charge on any atom is -0.333 e. The lowest BCUT2D eigenvalue weighted by molar-refractivity contribution is 0.513. The Morgan fingerprint density at radius 3 is 2.50 bits per heavy atom. The molecular weight excluding hydrogens is 220 g/mol. The first-order valence-electron chi connectivity index (χ1n) is 6.40. The van der Waals surface area contributed by atoms with E-state index in [4.69, 9.17) is 0 Å². The molecule has 2 nitrogen and oxygen atoms in total. The molecule has 2 heteroatoms. The first kappa shape index (κ1) is 12.4. The van der Waals surface area contributed by atoms with Gasteiger partial charge in [0, 0.05) is 18.2 Å². The summed E-state index contributed by atoms with van der Waals surface area (Å²) in [6.45, 7) is 4.31. The highest BCUT2D eigenvalue weighted by atomic mass is 15.0. The number of hydrogen-bond acceptors (Lipinski definition) is 1. The van der Waals surface area contributed by atoms with Crippen LogP contribution in [-0.2, 0) is 6.42 Å². The Morgan fingerprint density at radius 1 is 1.17 bits per heavy atom. The van der Waals surface area contributed by atoms with Crippen LogP contribution in [0.1, 0.15) is 43.3 Å². The maximum Gasteiger partial charge on any atom is 0.120 e. The Bertz CT molecular complexity index is 546. The van der Waals surface area contributed by atoms with Crippen molar-refractivity contribution in [3.8, 4) is 6.07 Å². The first-order chi connectivity index (χ1) is 8.76. The van der Waals surface area contributed by atoms with Gasteiger partial charge in [0.25, 0.3) is 0 Å². The zero-order chi connectivity index (χ0) is 13.0. The van der Waals surface area contributed by atoms with E-state index in [1.807, 2.05) is 12.1 Å². The molecule has 18 heavy (non-hydrogen) atoms. The average molecular weight is 238 g/mol. The van der Waals surface area contributed by atoms with Gasteiger partial charge in [-0.05, 0) is 31.0 Å². The van der Waals surface area contributed by atoms with Gasteiger partial charge in [-0.2, -0.15) is 5.26 Å². The zero-order valence-electron chi connectivity index (χ0n) is 10.9. The van der Waals surface area contributed by atoms with E-state index in [-0.39, 0.29) is 0 Å². The first-order valence-corrected chi connectivity index (χ1v) is 6.40. The van der Waals surface area contributed by atoms with Crippen LogP contribution in [0.15, 0.2) is 42.5 Å². The highest BCUT2D eigenvalue weighted by molar-refractivity contribution is 5.31. The highest BCUT2D eigenvalue weighted by Gasteiger charge is 2.12. The van der Waals surface area contributed by atoms with E-state index in [1.165, 1.54) is 11.3 Å². The summed E-state index contributed by atoms with van der Waals surface area (Å²) in [6.07, 6.45) is 1.91. The summed E-state index contributed by atoms with van der Waals surface area (Å²) in [5.41, 5.74) is 3.26. The van der Waals surface area contributed by atoms with Crippen LogP contribution in [0.25, 0.3) is 0 Å². The van der Waals surface area contributed by atoms with Crippen LogP contribution in [-0.4, -0.2) is 4.57 Å². The smallest absolute Gasteiger partial charge is 0.120 e. The van der Waals surface area contributed by atoms with Gasteiger partial charge in [-0.25, -0.2) is 0 Å². The topological polar surface area (TPSA) is 28.7 Å². The molecule has 0 saturated carbocycles. The van der Waals surface area contributed by atoms with Crippen molar-refractivity contribution < 1.29 is 0 Å². The number of nitrogens with zero attached hydrogens (tertiary/aromatic N) is 2. The zero-order valence-corrected chi connectivity index (χ0v) is 10.9. The monoisotopic (exact) mass is 238 g/mol. The third-order valence-electron chi connectivity index (χ3n) is 3.38. The van der Waals surface area contributed by atoms with Gasteiger partial charge in [-0.15, -0.1) is 0 Å². The molecule has 0 N–H and O–H groups in total. The maximum atomic E-state index is 9.17. The third-order valence-corrected chi connectivity index (χ3v) is 3.38. The molecule has 0 amide bonds. The van der Waals surface area contributed by atoms with Crippen LogP contribution in [0.4, 0.5) is 0 Å². The summed E-state index contributed by atoms with van der Waals surface area (Å²) in [6, 6.07) is 17.0. The molecule has 2 rings (SSSR count). The molecule has 1 unspecified atom stereocenters. The van der Waals surface area contributed by atoms with Crippen molar-refractivity contribution in [2.45, 2.75) is 32.7 Å². The molecule has 0 spiro atoms. The molecule has 0 radical (unpaired) electrons. The second kappa shape index (κ2) is 5.55. The molecule has 1 atom stereocenters. The van der Waals surface area contributed by atoms with Gasteiger partial charge in [0.1, 0.15) is 11.8 Å². The minimum absolute atomic E-state index is 0.369. The van der Waals surface area contributed by atoms with Crippen molar-refractivity contribution in [1.82, 2.24) is 4.57 Å². The van der Waals surface area contributed by atoms with Crippen molar-refractivity contribution in [1.29, 1.82) is 5.26 Å². The van der Waals surface area contributed by atoms with Crippen molar-refractivity contribution in [2.24, 2.45) is 0 Å². The fraction of sp³-hybridized carbons (Fsp3) is 0.312. The number of aromatic nitrogens is 1. The summed E-state index contributed by atoms with van der Waals surface area (Å²) in [7, 11) is 0. The van der Waals surface area contributed by atoms with Crippen LogP contribution < -0.4 is 0 Å². The van der Waals surface area contributed by atoms with Crippen LogP contribution >= 0.6 is 0 Å². The largest absolute Gasteiger partial charge is 0.333 e. The Balaban J connectivity index is 2.34. The summed E-state index contributed by atoms with van der Waals surface area (Å²) in [5.74, 6) is 0. The maximum absolute atomic E-state index is 9.17. The molecule has 0 aliphatic heterocycles. The quantitative estimate of drug-likeness (QED) is 0.793. The molecule has 0 aliphatic carbocycles. The Kier molecular flexibility index (Phi) is 3.84. The Labute approximate surface area is 108 Å². The molecule has 0 aliphatic rings. The van der Waals surface area contributed by atoms with Crippen LogP contribution in [0.5, 0.6) is 0 Å².